The van der Waals surface area contributed by atoms with Crippen LogP contribution in [0.15, 0.2) is 51.8 Å². The number of carbonyl (C=O) groups is 1. The molecule has 2 aromatic carbocycles. The fraction of sp³-hybridized carbons (Fsp3) is 0.276. The maximum atomic E-state index is 13.7. The van der Waals surface area contributed by atoms with Crippen LogP contribution in [0.2, 0.25) is 0 Å². The summed E-state index contributed by atoms with van der Waals surface area (Å²) >= 11 is 0. The van der Waals surface area contributed by atoms with E-state index in [4.69, 9.17) is 9.26 Å². The van der Waals surface area contributed by atoms with Gasteiger partial charge in [-0.1, -0.05) is 29.4 Å². The highest BCUT2D eigenvalue weighted by Crippen LogP contribution is 2.37. The van der Waals surface area contributed by atoms with Crippen LogP contribution in [0.5, 0.6) is 5.75 Å². The molecule has 4 aromatic rings. The van der Waals surface area contributed by atoms with Crippen molar-refractivity contribution < 1.29 is 19.2 Å². The molecule has 0 bridgehead atoms. The summed E-state index contributed by atoms with van der Waals surface area (Å²) in [6.07, 6.45) is 1.58. The predicted molar refractivity (Wildman–Crippen MR) is 137 cm³/mol. The van der Waals surface area contributed by atoms with Gasteiger partial charge in [0.2, 0.25) is 0 Å². The van der Waals surface area contributed by atoms with E-state index in [0.29, 0.717) is 23.6 Å². The summed E-state index contributed by atoms with van der Waals surface area (Å²) in [5.41, 5.74) is 7.64. The van der Waals surface area contributed by atoms with Crippen molar-refractivity contribution in [3.05, 3.63) is 81.1 Å². The number of carboxylic acid groups (broad SMARTS) is 1. The van der Waals surface area contributed by atoms with Gasteiger partial charge in [-0.15, -0.1) is 0 Å². The molecule has 1 aliphatic rings. The summed E-state index contributed by atoms with van der Waals surface area (Å²) in [7, 11) is 1.65. The Morgan fingerprint density at radius 3 is 2.44 bits per heavy atom. The van der Waals surface area contributed by atoms with Crippen LogP contribution in [0.3, 0.4) is 0 Å². The average molecular weight is 485 g/mol. The van der Waals surface area contributed by atoms with Gasteiger partial charge in [-0.2, -0.15) is 0 Å². The van der Waals surface area contributed by atoms with E-state index in [9.17, 15) is 14.7 Å². The molecular weight excluding hydrogens is 456 g/mol. The highest BCUT2D eigenvalue weighted by Gasteiger charge is 2.23. The SMILES string of the molecule is Cc1noc(C)c1-c1cccc(-c2c(C)c(-c3ccc4c(c3)CCCO4)c(CC(=O)O)n(C)c2=O)c1. The lowest BCUT2D eigenvalue weighted by Gasteiger charge is -2.22. The van der Waals surface area contributed by atoms with Crippen LogP contribution in [-0.2, 0) is 24.7 Å². The molecule has 7 nitrogen and oxygen atoms in total. The minimum Gasteiger partial charge on any atom is -0.493 e. The molecule has 0 saturated carbocycles. The molecule has 1 aliphatic heterocycles. The number of aryl methyl sites for hydroxylation is 3. The molecule has 0 saturated heterocycles. The van der Waals surface area contributed by atoms with E-state index in [0.717, 1.165) is 63.2 Å². The van der Waals surface area contributed by atoms with Gasteiger partial charge in [0.05, 0.1) is 24.3 Å². The first-order chi connectivity index (χ1) is 17.3. The van der Waals surface area contributed by atoms with E-state index in [1.165, 1.54) is 4.57 Å². The third kappa shape index (κ3) is 4.00. The number of aromatic nitrogens is 2. The Labute approximate surface area is 209 Å². The molecule has 2 aromatic heterocycles. The number of nitrogens with zero attached hydrogens (tertiary/aromatic N) is 2. The number of hydrogen-bond acceptors (Lipinski definition) is 5. The maximum absolute atomic E-state index is 13.7. The molecule has 3 heterocycles. The highest BCUT2D eigenvalue weighted by molar-refractivity contribution is 5.84. The van der Waals surface area contributed by atoms with Gasteiger partial charge in [0.15, 0.2) is 0 Å². The van der Waals surface area contributed by atoms with Crippen molar-refractivity contribution >= 4 is 5.97 Å². The normalized spacial score (nSPS) is 12.8. The lowest BCUT2D eigenvalue weighted by atomic mass is 9.89. The zero-order valence-corrected chi connectivity index (χ0v) is 20.8. The van der Waals surface area contributed by atoms with E-state index in [2.05, 4.69) is 11.2 Å². The van der Waals surface area contributed by atoms with E-state index in [1.54, 1.807) is 7.05 Å². The molecular formula is C29H28N2O5. The van der Waals surface area contributed by atoms with Crippen LogP contribution in [0.4, 0.5) is 0 Å². The van der Waals surface area contributed by atoms with E-state index in [-0.39, 0.29) is 12.0 Å². The topological polar surface area (TPSA) is 94.6 Å². The molecule has 184 valence electrons. The van der Waals surface area contributed by atoms with Crippen molar-refractivity contribution in [2.75, 3.05) is 6.61 Å². The number of rotatable bonds is 5. The zero-order valence-electron chi connectivity index (χ0n) is 20.8. The molecule has 0 unspecified atom stereocenters. The molecule has 36 heavy (non-hydrogen) atoms. The number of aliphatic carboxylic acids is 1. The summed E-state index contributed by atoms with van der Waals surface area (Å²) in [6.45, 7) is 6.35. The number of fused-ring (bicyclic) bond motifs is 1. The van der Waals surface area contributed by atoms with Gasteiger partial charge >= 0.3 is 5.97 Å². The quantitative estimate of drug-likeness (QED) is 0.416. The second-order valence-electron chi connectivity index (χ2n) is 9.31. The minimum absolute atomic E-state index is 0.232. The third-order valence-corrected chi connectivity index (χ3v) is 6.95. The van der Waals surface area contributed by atoms with Gasteiger partial charge in [-0.05, 0) is 79.6 Å². The molecule has 5 rings (SSSR count). The van der Waals surface area contributed by atoms with Gasteiger partial charge in [0.25, 0.3) is 5.56 Å². The molecule has 0 amide bonds. The Morgan fingerprint density at radius 1 is 1.03 bits per heavy atom. The monoisotopic (exact) mass is 484 g/mol. The number of ether oxygens (including phenoxy) is 1. The number of carboxylic acids is 1. The van der Waals surface area contributed by atoms with Gasteiger partial charge in [0, 0.05) is 23.9 Å². The first kappa shape index (κ1) is 23.6. The summed E-state index contributed by atoms with van der Waals surface area (Å²) in [6, 6.07) is 13.7. The highest BCUT2D eigenvalue weighted by atomic mass is 16.5. The van der Waals surface area contributed by atoms with Crippen LogP contribution >= 0.6 is 0 Å². The Kier molecular flexibility index (Phi) is 6.00. The van der Waals surface area contributed by atoms with Gasteiger partial charge in [-0.25, -0.2) is 0 Å². The molecule has 1 N–H and O–H groups in total. The first-order valence-electron chi connectivity index (χ1n) is 12.0. The molecule has 0 aliphatic carbocycles. The molecule has 0 atom stereocenters. The largest absolute Gasteiger partial charge is 0.493 e. The number of benzene rings is 2. The van der Waals surface area contributed by atoms with Crippen molar-refractivity contribution in [1.29, 1.82) is 0 Å². The van der Waals surface area contributed by atoms with E-state index < -0.39 is 5.97 Å². The van der Waals surface area contributed by atoms with Crippen molar-refractivity contribution in [3.63, 3.8) is 0 Å². The molecule has 7 heteroatoms. The standard InChI is InChI=1S/C29H28N2O5/c1-16-26(22-10-11-24-19(13-22)9-6-12-35-24)23(15-25(32)33)31(4)29(34)27(16)20-7-5-8-21(14-20)28-17(2)30-36-18(28)3/h5,7-8,10-11,13-14H,6,9,12,15H2,1-4H3,(H,32,33). The van der Waals surface area contributed by atoms with Gasteiger partial charge in [-0.3, -0.25) is 9.59 Å². The van der Waals surface area contributed by atoms with E-state index >= 15 is 0 Å². The van der Waals surface area contributed by atoms with Crippen LogP contribution < -0.4 is 10.3 Å². The van der Waals surface area contributed by atoms with Crippen LogP contribution in [-0.4, -0.2) is 27.4 Å². The third-order valence-electron chi connectivity index (χ3n) is 6.95. The van der Waals surface area contributed by atoms with Gasteiger partial charge < -0.3 is 18.9 Å². The minimum atomic E-state index is -0.986. The number of pyridine rings is 1. The van der Waals surface area contributed by atoms with Crippen LogP contribution in [0, 0.1) is 20.8 Å². The second-order valence-corrected chi connectivity index (χ2v) is 9.31. The Balaban J connectivity index is 1.76. The van der Waals surface area contributed by atoms with Crippen molar-refractivity contribution in [3.8, 4) is 39.1 Å². The predicted octanol–water partition coefficient (Wildman–Crippen LogP) is 5.25. The number of hydrogen-bond donors (Lipinski definition) is 1. The van der Waals surface area contributed by atoms with Crippen molar-refractivity contribution in [1.82, 2.24) is 9.72 Å². The summed E-state index contributed by atoms with van der Waals surface area (Å²) in [5, 5.41) is 13.7. The molecule has 0 radical (unpaired) electrons. The fourth-order valence-corrected chi connectivity index (χ4v) is 5.27. The lowest BCUT2D eigenvalue weighted by Crippen LogP contribution is -2.26. The van der Waals surface area contributed by atoms with Crippen molar-refractivity contribution in [2.24, 2.45) is 7.05 Å². The van der Waals surface area contributed by atoms with Gasteiger partial charge in [0.1, 0.15) is 11.5 Å². The second kappa shape index (κ2) is 9.15. The van der Waals surface area contributed by atoms with Crippen LogP contribution in [0.1, 0.15) is 34.7 Å². The van der Waals surface area contributed by atoms with E-state index in [1.807, 2.05) is 57.2 Å². The average Bonchev–Trinajstić information content (AvgIpc) is 3.20. The van der Waals surface area contributed by atoms with Crippen LogP contribution in [0.25, 0.3) is 33.4 Å². The zero-order chi connectivity index (χ0) is 25.6. The fourth-order valence-electron chi connectivity index (χ4n) is 5.27. The summed E-state index contributed by atoms with van der Waals surface area (Å²) < 4.78 is 12.6. The summed E-state index contributed by atoms with van der Waals surface area (Å²) in [5.74, 6) is 0.586. The van der Waals surface area contributed by atoms with Crippen molar-refractivity contribution in [2.45, 2.75) is 40.0 Å². The lowest BCUT2D eigenvalue weighted by molar-refractivity contribution is -0.136. The molecule has 0 spiro atoms. The maximum Gasteiger partial charge on any atom is 0.309 e. The molecule has 0 fully saturated rings. The Morgan fingerprint density at radius 2 is 1.75 bits per heavy atom. The first-order valence-corrected chi connectivity index (χ1v) is 12.0. The Hall–Kier alpha value is -4.13. The smallest absolute Gasteiger partial charge is 0.309 e. The Bertz CT molecular complexity index is 1540. The summed E-state index contributed by atoms with van der Waals surface area (Å²) in [4.78, 5) is 25.5.